The number of para-hydroxylation sites is 1. The standard InChI is InChI=1S/C18H20N2O4/c1-20(2)15-10-8-14(9-11-15)19-17(21)12-24-18(22)13-23-16-6-4-3-5-7-16/h3-11H,12-13H2,1-2H3,(H,19,21). The molecule has 0 aliphatic carbocycles. The fraction of sp³-hybridized carbons (Fsp3) is 0.222. The smallest absolute Gasteiger partial charge is 0.344 e. The maximum absolute atomic E-state index is 11.8. The highest BCUT2D eigenvalue weighted by Crippen LogP contribution is 2.15. The predicted molar refractivity (Wildman–Crippen MR) is 92.3 cm³/mol. The molecule has 0 aliphatic heterocycles. The van der Waals surface area contributed by atoms with E-state index in [0.29, 0.717) is 11.4 Å². The first-order valence-corrected chi connectivity index (χ1v) is 7.45. The van der Waals surface area contributed by atoms with E-state index < -0.39 is 11.9 Å². The summed E-state index contributed by atoms with van der Waals surface area (Å²) in [6, 6.07) is 16.3. The largest absolute Gasteiger partial charge is 0.482 e. The van der Waals surface area contributed by atoms with E-state index in [0.717, 1.165) is 5.69 Å². The maximum Gasteiger partial charge on any atom is 0.344 e. The average Bonchev–Trinajstić information content (AvgIpc) is 2.59. The van der Waals surface area contributed by atoms with Crippen molar-refractivity contribution in [1.29, 1.82) is 0 Å². The molecule has 24 heavy (non-hydrogen) atoms. The molecule has 0 saturated carbocycles. The maximum atomic E-state index is 11.8. The molecule has 0 spiro atoms. The van der Waals surface area contributed by atoms with Crippen molar-refractivity contribution >= 4 is 23.3 Å². The monoisotopic (exact) mass is 328 g/mol. The Morgan fingerprint density at radius 3 is 2.25 bits per heavy atom. The first-order chi connectivity index (χ1) is 11.5. The van der Waals surface area contributed by atoms with Gasteiger partial charge < -0.3 is 19.7 Å². The van der Waals surface area contributed by atoms with Crippen LogP contribution < -0.4 is 15.0 Å². The van der Waals surface area contributed by atoms with Gasteiger partial charge in [0.05, 0.1) is 0 Å². The Labute approximate surface area is 141 Å². The van der Waals surface area contributed by atoms with Gasteiger partial charge in [-0.05, 0) is 36.4 Å². The number of anilines is 2. The number of carbonyl (C=O) groups is 2. The van der Waals surface area contributed by atoms with Crippen LogP contribution in [0.3, 0.4) is 0 Å². The third kappa shape index (κ3) is 5.64. The molecule has 1 amide bonds. The van der Waals surface area contributed by atoms with E-state index in [4.69, 9.17) is 9.47 Å². The highest BCUT2D eigenvalue weighted by atomic mass is 16.6. The quantitative estimate of drug-likeness (QED) is 0.790. The van der Waals surface area contributed by atoms with Gasteiger partial charge in [-0.3, -0.25) is 4.79 Å². The van der Waals surface area contributed by atoms with E-state index in [1.54, 1.807) is 36.4 Å². The molecule has 0 aromatic heterocycles. The second-order valence-electron chi connectivity index (χ2n) is 5.25. The summed E-state index contributed by atoms with van der Waals surface area (Å²) in [7, 11) is 3.87. The third-order valence-electron chi connectivity index (χ3n) is 3.13. The first kappa shape index (κ1) is 17.3. The van der Waals surface area contributed by atoms with Crippen LogP contribution in [0.5, 0.6) is 5.75 Å². The van der Waals surface area contributed by atoms with Crippen molar-refractivity contribution in [3.8, 4) is 5.75 Å². The van der Waals surface area contributed by atoms with Crippen LogP contribution in [0, 0.1) is 0 Å². The summed E-state index contributed by atoms with van der Waals surface area (Å²) in [6.45, 7) is -0.596. The third-order valence-corrected chi connectivity index (χ3v) is 3.13. The molecule has 0 heterocycles. The Hall–Kier alpha value is -3.02. The summed E-state index contributed by atoms with van der Waals surface area (Å²) in [5.74, 6) is -0.433. The van der Waals surface area contributed by atoms with Crippen LogP contribution in [0.15, 0.2) is 54.6 Å². The number of hydrogen-bond acceptors (Lipinski definition) is 5. The number of benzene rings is 2. The van der Waals surface area contributed by atoms with E-state index in [1.807, 2.05) is 37.2 Å². The van der Waals surface area contributed by atoms with Crippen molar-refractivity contribution in [1.82, 2.24) is 0 Å². The molecule has 0 unspecified atom stereocenters. The molecule has 2 rings (SSSR count). The molecule has 0 atom stereocenters. The van der Waals surface area contributed by atoms with Gasteiger partial charge in [-0.25, -0.2) is 4.79 Å². The predicted octanol–water partition coefficient (Wildman–Crippen LogP) is 2.31. The minimum absolute atomic E-state index is 0.241. The van der Waals surface area contributed by atoms with E-state index in [1.165, 1.54) is 0 Å². The van der Waals surface area contributed by atoms with Crippen LogP contribution in [-0.2, 0) is 14.3 Å². The Morgan fingerprint density at radius 1 is 0.958 bits per heavy atom. The van der Waals surface area contributed by atoms with Crippen LogP contribution in [0.4, 0.5) is 11.4 Å². The number of rotatable bonds is 7. The number of esters is 1. The molecular weight excluding hydrogens is 308 g/mol. The molecule has 2 aromatic rings. The number of ether oxygens (including phenoxy) is 2. The van der Waals surface area contributed by atoms with Gasteiger partial charge in [0, 0.05) is 25.5 Å². The molecule has 0 fully saturated rings. The molecule has 1 N–H and O–H groups in total. The zero-order valence-electron chi connectivity index (χ0n) is 13.7. The lowest BCUT2D eigenvalue weighted by Gasteiger charge is -2.13. The SMILES string of the molecule is CN(C)c1ccc(NC(=O)COC(=O)COc2ccccc2)cc1. The number of hydrogen-bond donors (Lipinski definition) is 1. The lowest BCUT2D eigenvalue weighted by molar-refractivity contribution is -0.149. The molecule has 6 nitrogen and oxygen atoms in total. The fourth-order valence-electron chi connectivity index (χ4n) is 1.89. The van der Waals surface area contributed by atoms with E-state index >= 15 is 0 Å². The Balaban J connectivity index is 1.71. The molecular formula is C18H20N2O4. The van der Waals surface area contributed by atoms with Gasteiger partial charge in [-0.15, -0.1) is 0 Å². The number of nitrogens with one attached hydrogen (secondary N) is 1. The van der Waals surface area contributed by atoms with Gasteiger partial charge in [0.25, 0.3) is 5.91 Å². The van der Waals surface area contributed by atoms with E-state index in [9.17, 15) is 9.59 Å². The molecule has 2 aromatic carbocycles. The lowest BCUT2D eigenvalue weighted by atomic mass is 10.2. The molecule has 0 bridgehead atoms. The normalized spacial score (nSPS) is 9.92. The van der Waals surface area contributed by atoms with Crippen LogP contribution >= 0.6 is 0 Å². The van der Waals surface area contributed by atoms with Gasteiger partial charge in [-0.1, -0.05) is 18.2 Å². The Kier molecular flexibility index (Phi) is 6.19. The van der Waals surface area contributed by atoms with E-state index in [2.05, 4.69) is 5.32 Å². The number of carbonyl (C=O) groups excluding carboxylic acids is 2. The molecule has 0 saturated heterocycles. The zero-order chi connectivity index (χ0) is 17.4. The van der Waals surface area contributed by atoms with Crippen LogP contribution in [0.2, 0.25) is 0 Å². The summed E-state index contributed by atoms with van der Waals surface area (Å²) >= 11 is 0. The topological polar surface area (TPSA) is 67.9 Å². The van der Waals surface area contributed by atoms with Crippen LogP contribution in [-0.4, -0.2) is 39.2 Å². The minimum Gasteiger partial charge on any atom is -0.482 e. The molecule has 0 aliphatic rings. The Morgan fingerprint density at radius 2 is 1.62 bits per heavy atom. The summed E-state index contributed by atoms with van der Waals surface area (Å²) in [4.78, 5) is 25.3. The summed E-state index contributed by atoms with van der Waals surface area (Å²) in [5.41, 5.74) is 1.67. The summed E-state index contributed by atoms with van der Waals surface area (Å²) < 4.78 is 10.1. The highest BCUT2D eigenvalue weighted by molar-refractivity contribution is 5.93. The van der Waals surface area contributed by atoms with E-state index in [-0.39, 0.29) is 13.2 Å². The fourth-order valence-corrected chi connectivity index (χ4v) is 1.89. The summed E-state index contributed by atoms with van der Waals surface area (Å²) in [5, 5.41) is 2.66. The number of nitrogens with zero attached hydrogens (tertiary/aromatic N) is 1. The van der Waals surface area contributed by atoms with Crippen molar-refractivity contribution in [2.45, 2.75) is 0 Å². The van der Waals surface area contributed by atoms with Crippen molar-refractivity contribution in [2.24, 2.45) is 0 Å². The van der Waals surface area contributed by atoms with Gasteiger partial charge in [-0.2, -0.15) is 0 Å². The molecule has 126 valence electrons. The van der Waals surface area contributed by atoms with Crippen LogP contribution in [0.25, 0.3) is 0 Å². The van der Waals surface area contributed by atoms with Gasteiger partial charge in [0.1, 0.15) is 5.75 Å². The second-order valence-corrected chi connectivity index (χ2v) is 5.25. The van der Waals surface area contributed by atoms with Gasteiger partial charge >= 0.3 is 5.97 Å². The minimum atomic E-state index is -0.600. The van der Waals surface area contributed by atoms with Crippen molar-refractivity contribution < 1.29 is 19.1 Å². The molecule has 0 radical (unpaired) electrons. The van der Waals surface area contributed by atoms with Crippen molar-refractivity contribution in [2.75, 3.05) is 37.5 Å². The second kappa shape index (κ2) is 8.57. The summed E-state index contributed by atoms with van der Waals surface area (Å²) in [6.07, 6.45) is 0. The van der Waals surface area contributed by atoms with Crippen LogP contribution in [0.1, 0.15) is 0 Å². The van der Waals surface area contributed by atoms with Crippen molar-refractivity contribution in [3.05, 3.63) is 54.6 Å². The van der Waals surface area contributed by atoms with Crippen molar-refractivity contribution in [3.63, 3.8) is 0 Å². The highest BCUT2D eigenvalue weighted by Gasteiger charge is 2.09. The number of amides is 1. The first-order valence-electron chi connectivity index (χ1n) is 7.45. The average molecular weight is 328 g/mol. The van der Waals surface area contributed by atoms with Gasteiger partial charge in [0.2, 0.25) is 0 Å². The van der Waals surface area contributed by atoms with Gasteiger partial charge in [0.15, 0.2) is 13.2 Å². The lowest BCUT2D eigenvalue weighted by Crippen LogP contribution is -2.23. The molecule has 6 heteroatoms. The Bertz CT molecular complexity index is 669. The zero-order valence-corrected chi connectivity index (χ0v) is 13.7.